The van der Waals surface area contributed by atoms with E-state index in [0.29, 0.717) is 17.3 Å². The molecular formula is C43H70. The van der Waals surface area contributed by atoms with Crippen molar-refractivity contribution in [2.45, 2.75) is 146 Å². The van der Waals surface area contributed by atoms with Gasteiger partial charge in [0.2, 0.25) is 0 Å². The highest BCUT2D eigenvalue weighted by Gasteiger charge is 2.72. The van der Waals surface area contributed by atoms with Crippen molar-refractivity contribution in [1.29, 1.82) is 0 Å². The molecule has 0 N–H and O–H groups in total. The lowest BCUT2D eigenvalue weighted by molar-refractivity contribution is 0.230. The maximum Gasteiger partial charge on any atom is -0.00166 e. The quantitative estimate of drug-likeness (QED) is 0.179. The van der Waals surface area contributed by atoms with E-state index in [4.69, 9.17) is 0 Å². The number of benzene rings is 1. The molecule has 2 saturated carbocycles. The first-order chi connectivity index (χ1) is 20.1. The Balaban J connectivity index is 0.000000280. The van der Waals surface area contributed by atoms with E-state index < -0.39 is 0 Å². The molecule has 5 rings (SSSR count). The fourth-order valence-electron chi connectivity index (χ4n) is 8.96. The fourth-order valence-corrected chi connectivity index (χ4v) is 8.96. The lowest BCUT2D eigenvalue weighted by Gasteiger charge is -2.30. The number of hydrogen-bond acceptors (Lipinski definition) is 0. The third-order valence-corrected chi connectivity index (χ3v) is 11.1. The predicted molar refractivity (Wildman–Crippen MR) is 195 cm³/mol. The molecule has 1 aromatic carbocycles. The minimum absolute atomic E-state index is 0. The highest BCUT2D eigenvalue weighted by Crippen LogP contribution is 2.77. The van der Waals surface area contributed by atoms with E-state index >= 15 is 0 Å². The number of fused-ring (bicyclic) bond motifs is 2. The molecule has 4 aliphatic rings. The van der Waals surface area contributed by atoms with Gasteiger partial charge < -0.3 is 0 Å². The summed E-state index contributed by atoms with van der Waals surface area (Å²) in [6.45, 7) is 28.6. The highest BCUT2D eigenvalue weighted by molar-refractivity contribution is 5.43. The molecule has 0 aromatic heterocycles. The van der Waals surface area contributed by atoms with Crippen molar-refractivity contribution in [2.75, 3.05) is 0 Å². The van der Waals surface area contributed by atoms with Crippen LogP contribution < -0.4 is 0 Å². The van der Waals surface area contributed by atoms with Crippen molar-refractivity contribution in [3.63, 3.8) is 0 Å². The molecule has 0 radical (unpaired) electrons. The first-order valence-corrected chi connectivity index (χ1v) is 17.9. The zero-order chi connectivity index (χ0) is 31.0. The van der Waals surface area contributed by atoms with E-state index in [-0.39, 0.29) is 7.43 Å². The second-order valence-corrected chi connectivity index (χ2v) is 14.6. The van der Waals surface area contributed by atoms with Gasteiger partial charge in [0.1, 0.15) is 0 Å². The average Bonchev–Trinajstić information content (AvgIpc) is 3.40. The molecule has 0 amide bonds. The van der Waals surface area contributed by atoms with Gasteiger partial charge in [-0.2, -0.15) is 0 Å². The molecule has 1 spiro atoms. The Morgan fingerprint density at radius 1 is 0.930 bits per heavy atom. The molecular weight excluding hydrogens is 516 g/mol. The molecule has 0 bridgehead atoms. The Hall–Kier alpha value is -1.82. The average molecular weight is 587 g/mol. The minimum atomic E-state index is 0. The number of hydrogen-bond donors (Lipinski definition) is 0. The van der Waals surface area contributed by atoms with Crippen molar-refractivity contribution < 1.29 is 0 Å². The van der Waals surface area contributed by atoms with Crippen LogP contribution in [0.1, 0.15) is 151 Å². The third-order valence-electron chi connectivity index (χ3n) is 11.1. The largest absolute Gasteiger partial charge is 0.100 e. The molecule has 0 heteroatoms. The van der Waals surface area contributed by atoms with Crippen LogP contribution in [0.4, 0.5) is 0 Å². The van der Waals surface area contributed by atoms with Crippen LogP contribution >= 0.6 is 0 Å². The number of rotatable bonds is 11. The minimum Gasteiger partial charge on any atom is -0.100 e. The lowest BCUT2D eigenvalue weighted by Crippen LogP contribution is -2.25. The van der Waals surface area contributed by atoms with Crippen LogP contribution in [-0.4, -0.2) is 0 Å². The van der Waals surface area contributed by atoms with E-state index in [1.54, 1.807) is 5.57 Å². The summed E-state index contributed by atoms with van der Waals surface area (Å²) < 4.78 is 0. The van der Waals surface area contributed by atoms with Crippen molar-refractivity contribution in [3.8, 4) is 0 Å². The first kappa shape index (κ1) is 37.4. The second-order valence-electron chi connectivity index (χ2n) is 14.6. The summed E-state index contributed by atoms with van der Waals surface area (Å²) >= 11 is 0. The van der Waals surface area contributed by atoms with Gasteiger partial charge >= 0.3 is 0 Å². The standard InChI is InChI=1S/C21H30.C19H30.C2H6.CH4/c1-6-15-10-16-14(5)13(4)9-17(16)18-7-8-19-20(12(2)3)21(18,19)11-15;1-16(2)10-8-6-5-7-9-11-18-12-14-19(15-13-18)17(3)4;1-2;/h9,11-12,16-20H,5-8,10H2,1-4H3;12-15,17H,1,5-11H2,2-4H3;1-2H3;1H4. The molecule has 242 valence electrons. The molecule has 2 fully saturated rings. The summed E-state index contributed by atoms with van der Waals surface area (Å²) in [7, 11) is 0. The molecule has 6 unspecified atom stereocenters. The molecule has 43 heavy (non-hydrogen) atoms. The topological polar surface area (TPSA) is 0 Å². The van der Waals surface area contributed by atoms with Crippen molar-refractivity contribution >= 4 is 0 Å². The van der Waals surface area contributed by atoms with Crippen LogP contribution in [0.3, 0.4) is 0 Å². The lowest BCUT2D eigenvalue weighted by atomic mass is 9.73. The van der Waals surface area contributed by atoms with Gasteiger partial charge in [-0.25, -0.2) is 0 Å². The van der Waals surface area contributed by atoms with Crippen molar-refractivity contribution in [3.05, 3.63) is 83.0 Å². The smallest absolute Gasteiger partial charge is 0.00166 e. The Kier molecular flexibility index (Phi) is 14.8. The van der Waals surface area contributed by atoms with Gasteiger partial charge in [-0.15, -0.1) is 6.58 Å². The van der Waals surface area contributed by atoms with Crippen molar-refractivity contribution in [1.82, 2.24) is 0 Å². The zero-order valence-corrected chi connectivity index (χ0v) is 29.2. The second kappa shape index (κ2) is 17.0. The number of unbranched alkanes of at least 4 members (excludes halogenated alkanes) is 4. The summed E-state index contributed by atoms with van der Waals surface area (Å²) in [5, 5.41) is 0. The summed E-state index contributed by atoms with van der Waals surface area (Å²) in [5.41, 5.74) is 9.50. The van der Waals surface area contributed by atoms with E-state index in [1.807, 2.05) is 13.8 Å². The summed E-state index contributed by atoms with van der Waals surface area (Å²) in [4.78, 5) is 0. The first-order valence-electron chi connectivity index (χ1n) is 17.9. The predicted octanol–water partition coefficient (Wildman–Crippen LogP) is 13.7. The molecule has 4 aliphatic carbocycles. The van der Waals surface area contributed by atoms with Gasteiger partial charge in [0.25, 0.3) is 0 Å². The fraction of sp³-hybridized carbons (Fsp3) is 0.674. The Morgan fingerprint density at radius 3 is 2.09 bits per heavy atom. The van der Waals surface area contributed by atoms with Crippen LogP contribution in [0, 0.1) is 40.9 Å². The summed E-state index contributed by atoms with van der Waals surface area (Å²) in [6.07, 6.45) is 20.0. The molecule has 6 atom stereocenters. The SMILES string of the molecule is C.C=C(C)CCCCCCCc1ccc(C(C)C)cc1.C=C1C(C)=CC2C1CC(CC)=CC13C2CCC1C3C(C)C.CC. The van der Waals surface area contributed by atoms with E-state index in [0.717, 1.165) is 29.6 Å². The van der Waals surface area contributed by atoms with Gasteiger partial charge in [0.15, 0.2) is 0 Å². The van der Waals surface area contributed by atoms with Crippen LogP contribution in [0.25, 0.3) is 0 Å². The van der Waals surface area contributed by atoms with Gasteiger partial charge in [-0.05, 0) is 129 Å². The number of allylic oxidation sites excluding steroid dienone is 6. The summed E-state index contributed by atoms with van der Waals surface area (Å²) in [5.74, 6) is 5.84. The number of aryl methyl sites for hydroxylation is 1. The third kappa shape index (κ3) is 8.67. The van der Waals surface area contributed by atoms with Gasteiger partial charge in [-0.1, -0.05) is 135 Å². The van der Waals surface area contributed by atoms with E-state index in [9.17, 15) is 0 Å². The maximum absolute atomic E-state index is 4.44. The molecule has 0 saturated heterocycles. The van der Waals surface area contributed by atoms with Gasteiger partial charge in [0.05, 0.1) is 0 Å². The van der Waals surface area contributed by atoms with Gasteiger partial charge in [-0.3, -0.25) is 0 Å². The Labute approximate surface area is 269 Å². The van der Waals surface area contributed by atoms with Crippen LogP contribution in [0.15, 0.2) is 71.9 Å². The van der Waals surface area contributed by atoms with E-state index in [1.165, 1.54) is 98.5 Å². The van der Waals surface area contributed by atoms with Crippen LogP contribution in [0.5, 0.6) is 0 Å². The normalized spacial score (nSPS) is 28.2. The zero-order valence-electron chi connectivity index (χ0n) is 29.2. The van der Waals surface area contributed by atoms with E-state index in [2.05, 4.69) is 98.0 Å². The molecule has 0 nitrogen and oxygen atoms in total. The molecule has 0 aliphatic heterocycles. The Morgan fingerprint density at radius 2 is 1.53 bits per heavy atom. The Bertz CT molecular complexity index is 1080. The van der Waals surface area contributed by atoms with Crippen molar-refractivity contribution in [2.24, 2.45) is 40.9 Å². The molecule has 0 heterocycles. The summed E-state index contributed by atoms with van der Waals surface area (Å²) in [6, 6.07) is 9.17. The van der Waals surface area contributed by atoms with Gasteiger partial charge in [0, 0.05) is 0 Å². The monoisotopic (exact) mass is 587 g/mol. The van der Waals surface area contributed by atoms with Crippen LogP contribution in [-0.2, 0) is 6.42 Å². The highest BCUT2D eigenvalue weighted by atomic mass is 14.8. The van der Waals surface area contributed by atoms with Crippen LogP contribution in [0.2, 0.25) is 0 Å². The maximum atomic E-state index is 4.44. The molecule has 1 aromatic rings.